The first-order valence-corrected chi connectivity index (χ1v) is 5.45. The van der Waals surface area contributed by atoms with Crippen molar-refractivity contribution in [2.45, 2.75) is 0 Å². The monoisotopic (exact) mass is 348 g/mol. The van der Waals surface area contributed by atoms with Gasteiger partial charge in [-0.2, -0.15) is 0 Å². The lowest BCUT2D eigenvalue weighted by atomic mass is 10.4. The summed E-state index contributed by atoms with van der Waals surface area (Å²) in [7, 11) is 0. The van der Waals surface area contributed by atoms with E-state index in [1.807, 2.05) is 0 Å². The topological polar surface area (TPSA) is 208 Å². The third-order valence-corrected chi connectivity index (χ3v) is 2.48. The zero-order chi connectivity index (χ0) is 15.6. The van der Waals surface area contributed by atoms with Crippen molar-refractivity contribution in [1.29, 1.82) is 0 Å². The largest absolute Gasteiger partial charge is 0.476 e. The number of urea groups is 2. The highest BCUT2D eigenvalue weighted by Gasteiger charge is 2.26. The molecule has 12 nitrogen and oxygen atoms in total. The Morgan fingerprint density at radius 3 is 1.85 bits per heavy atom. The third-order valence-electron chi connectivity index (χ3n) is 1.95. The van der Waals surface area contributed by atoms with Crippen LogP contribution >= 0.6 is 15.9 Å². The molecule has 108 valence electrons. The fourth-order valence-electron chi connectivity index (χ4n) is 1.07. The molecular weight excluding hydrogens is 340 g/mol. The number of hydrogen-bond donors (Lipinski definition) is 5. The van der Waals surface area contributed by atoms with E-state index in [0.717, 1.165) is 0 Å². The number of halogens is 1. The van der Waals surface area contributed by atoms with Crippen LogP contribution in [0.3, 0.4) is 0 Å². The normalized spacial score (nSPS) is 9.95. The van der Waals surface area contributed by atoms with Gasteiger partial charge in [0.15, 0.2) is 21.9 Å². The number of nitrogens with zero attached hydrogens (tertiary/aromatic N) is 4. The lowest BCUT2D eigenvalue weighted by Crippen LogP contribution is -2.45. The number of rotatable bonds is 3. The molecule has 0 spiro atoms. The lowest BCUT2D eigenvalue weighted by molar-refractivity contribution is 0.0690. The second kappa shape index (κ2) is 5.64. The molecule has 0 atom stereocenters. The minimum Gasteiger partial charge on any atom is -0.476 e. The summed E-state index contributed by atoms with van der Waals surface area (Å²) in [5.41, 5.74) is 9.17. The van der Waals surface area contributed by atoms with Gasteiger partial charge in [-0.1, -0.05) is 0 Å². The van der Waals surface area contributed by atoms with Crippen LogP contribution in [0.25, 0.3) is 0 Å². The molecule has 0 fully saturated rings. The second-order valence-corrected chi connectivity index (χ2v) is 3.98. The summed E-state index contributed by atoms with van der Waals surface area (Å²) >= 11 is 2.86. The van der Waals surface area contributed by atoms with Gasteiger partial charge in [-0.15, -0.1) is 0 Å². The quantitative estimate of drug-likeness (QED) is 0.244. The average molecular weight is 349 g/mol. The fraction of sp³-hybridized carbons (Fsp3) is 0. The van der Waals surface area contributed by atoms with Crippen LogP contribution in [0.1, 0.15) is 10.5 Å². The summed E-state index contributed by atoms with van der Waals surface area (Å²) in [5, 5.41) is 9.58. The number of aromatic nitrogens is 2. The van der Waals surface area contributed by atoms with Gasteiger partial charge >= 0.3 is 18.0 Å². The van der Waals surface area contributed by atoms with Crippen LogP contribution in [-0.2, 0) is 0 Å². The maximum atomic E-state index is 11.0. The zero-order valence-electron chi connectivity index (χ0n) is 9.65. The molecule has 0 aliphatic carbocycles. The number of anilines is 2. The van der Waals surface area contributed by atoms with Crippen molar-refractivity contribution in [3.8, 4) is 0 Å². The van der Waals surface area contributed by atoms with E-state index in [4.69, 9.17) is 28.3 Å². The predicted molar refractivity (Wildman–Crippen MR) is 69.2 cm³/mol. The number of amides is 4. The van der Waals surface area contributed by atoms with Gasteiger partial charge in [0.25, 0.3) is 0 Å². The minimum atomic E-state index is -1.53. The summed E-state index contributed by atoms with van der Waals surface area (Å²) in [6.07, 6.45) is 0. The van der Waals surface area contributed by atoms with Gasteiger partial charge in [-0.3, -0.25) is 0 Å². The summed E-state index contributed by atoms with van der Waals surface area (Å²) in [5.74, 6) is 8.09. The summed E-state index contributed by atoms with van der Waals surface area (Å²) < 4.78 is -0.196. The van der Waals surface area contributed by atoms with Crippen LogP contribution in [0.5, 0.6) is 0 Å². The van der Waals surface area contributed by atoms with Crippen LogP contribution in [0.4, 0.5) is 21.2 Å². The van der Waals surface area contributed by atoms with E-state index in [-0.39, 0.29) is 15.4 Å². The van der Waals surface area contributed by atoms with Gasteiger partial charge in [0.1, 0.15) is 0 Å². The van der Waals surface area contributed by atoms with E-state index in [1.54, 1.807) is 0 Å². The molecule has 1 rings (SSSR count). The van der Waals surface area contributed by atoms with Crippen molar-refractivity contribution in [2.24, 2.45) is 23.2 Å². The Morgan fingerprint density at radius 2 is 1.45 bits per heavy atom. The van der Waals surface area contributed by atoms with Crippen LogP contribution in [-0.4, -0.2) is 33.1 Å². The molecule has 0 saturated heterocycles. The van der Waals surface area contributed by atoms with E-state index in [9.17, 15) is 14.4 Å². The van der Waals surface area contributed by atoms with Gasteiger partial charge < -0.3 is 16.6 Å². The Hall–Kier alpha value is -2.51. The Bertz CT molecular complexity index is 592. The van der Waals surface area contributed by atoms with Crippen LogP contribution < -0.4 is 33.2 Å². The summed E-state index contributed by atoms with van der Waals surface area (Å²) in [6, 6.07) is -2.30. The Kier molecular flexibility index (Phi) is 4.38. The first-order valence-electron chi connectivity index (χ1n) is 4.66. The van der Waals surface area contributed by atoms with E-state index in [0.29, 0.717) is 5.01 Å². The molecular formula is C7H9BrN8O4. The number of carbonyl (C=O) groups excluding carboxylic acids is 2. The van der Waals surface area contributed by atoms with Crippen LogP contribution in [0.15, 0.2) is 4.60 Å². The second-order valence-electron chi connectivity index (χ2n) is 3.23. The van der Waals surface area contributed by atoms with Gasteiger partial charge in [0.2, 0.25) is 0 Å². The highest BCUT2D eigenvalue weighted by atomic mass is 79.9. The van der Waals surface area contributed by atoms with Crippen molar-refractivity contribution < 1.29 is 19.5 Å². The maximum absolute atomic E-state index is 11.0. The molecule has 0 aromatic carbocycles. The van der Waals surface area contributed by atoms with Gasteiger partial charge in [0, 0.05) is 0 Å². The molecule has 20 heavy (non-hydrogen) atoms. The maximum Gasteiger partial charge on any atom is 0.358 e. The molecule has 1 aromatic rings. The number of hydrazine groups is 2. The third kappa shape index (κ3) is 2.90. The highest BCUT2D eigenvalue weighted by Crippen LogP contribution is 2.25. The molecule has 0 bridgehead atoms. The first kappa shape index (κ1) is 15.5. The highest BCUT2D eigenvalue weighted by molar-refractivity contribution is 9.10. The molecule has 0 aliphatic heterocycles. The average Bonchev–Trinajstić information content (AvgIpc) is 2.36. The van der Waals surface area contributed by atoms with E-state index in [2.05, 4.69) is 25.9 Å². The number of hydrogen-bond acceptors (Lipinski definition) is 7. The number of carboxylic acid groups (broad SMARTS) is 1. The van der Waals surface area contributed by atoms with Crippen molar-refractivity contribution in [2.75, 3.05) is 10.0 Å². The molecule has 0 aliphatic rings. The number of carboxylic acids is 1. The molecule has 0 radical (unpaired) electrons. The molecule has 13 heteroatoms. The zero-order valence-corrected chi connectivity index (χ0v) is 11.2. The fourth-order valence-corrected chi connectivity index (χ4v) is 1.53. The number of carbonyl (C=O) groups is 3. The van der Waals surface area contributed by atoms with Crippen molar-refractivity contribution in [1.82, 2.24) is 9.97 Å². The van der Waals surface area contributed by atoms with E-state index in [1.165, 1.54) is 0 Å². The summed E-state index contributed by atoms with van der Waals surface area (Å²) in [4.78, 5) is 40.2. The Morgan fingerprint density at radius 1 is 1.00 bits per heavy atom. The van der Waals surface area contributed by atoms with Crippen LogP contribution in [0.2, 0.25) is 0 Å². The Balaban J connectivity index is 3.53. The minimum absolute atomic E-state index is 0.196. The molecule has 9 N–H and O–H groups in total. The lowest BCUT2D eigenvalue weighted by Gasteiger charge is -2.19. The summed E-state index contributed by atoms with van der Waals surface area (Å²) in [6.45, 7) is 0. The van der Waals surface area contributed by atoms with E-state index < -0.39 is 29.5 Å². The number of nitrogens with two attached hydrogens (primary N) is 4. The van der Waals surface area contributed by atoms with E-state index >= 15 is 0 Å². The van der Waals surface area contributed by atoms with Crippen molar-refractivity contribution in [3.05, 3.63) is 10.3 Å². The molecule has 0 unspecified atom stereocenters. The van der Waals surface area contributed by atoms with Crippen LogP contribution in [0, 0.1) is 0 Å². The smallest absolute Gasteiger partial charge is 0.358 e. The van der Waals surface area contributed by atoms with Gasteiger partial charge in [-0.05, 0) is 15.9 Å². The molecule has 0 saturated carbocycles. The standard InChI is InChI=1S/C7H9BrN8O4/c8-2-4(16(12)7(10)20)14-3(15(11)6(9)19)1(13-2)5(17)18/h11-12H2,(H2,9,19)(H2,10,20)(H,17,18). The van der Waals surface area contributed by atoms with Gasteiger partial charge in [0.05, 0.1) is 0 Å². The van der Waals surface area contributed by atoms with Crippen molar-refractivity contribution in [3.63, 3.8) is 0 Å². The first-order chi connectivity index (χ1) is 9.16. The number of aromatic carboxylic acids is 1. The Labute approximate surface area is 119 Å². The molecule has 1 aromatic heterocycles. The number of primary amides is 2. The predicted octanol–water partition coefficient (Wildman–Crippen LogP) is -1.55. The van der Waals surface area contributed by atoms with Gasteiger partial charge in [-0.25, -0.2) is 46.1 Å². The molecule has 1 heterocycles. The SMILES string of the molecule is NC(=O)N(N)c1nc(N(N)C(N)=O)c(C(=O)O)nc1Br. The molecule has 4 amide bonds. The van der Waals surface area contributed by atoms with Crippen molar-refractivity contribution >= 4 is 45.6 Å².